The minimum absolute atomic E-state index is 0.0993. The van der Waals surface area contributed by atoms with E-state index < -0.39 is 0 Å². The molecule has 4 fully saturated rings. The van der Waals surface area contributed by atoms with Crippen molar-refractivity contribution in [3.63, 3.8) is 0 Å². The van der Waals surface area contributed by atoms with Gasteiger partial charge in [-0.1, -0.05) is 27.2 Å². The summed E-state index contributed by atoms with van der Waals surface area (Å²) in [6.07, 6.45) is 13.8. The van der Waals surface area contributed by atoms with Crippen molar-refractivity contribution in [3.05, 3.63) is 18.0 Å². The Hall–Kier alpha value is -1.69. The molecule has 9 unspecified atom stereocenters. The van der Waals surface area contributed by atoms with Gasteiger partial charge in [0.1, 0.15) is 6.61 Å². The fraction of sp³-hybridized carbons (Fsp3) is 0.833. The Morgan fingerprint density at radius 1 is 1.08 bits per heavy atom. The third-order valence-electron chi connectivity index (χ3n) is 10.9. The summed E-state index contributed by atoms with van der Waals surface area (Å²) in [6, 6.07) is 0. The highest BCUT2D eigenvalue weighted by Gasteiger charge is 2.60. The molecule has 200 valence electrons. The Labute approximate surface area is 217 Å². The molecule has 4 aliphatic rings. The zero-order valence-electron chi connectivity index (χ0n) is 23.1. The van der Waals surface area contributed by atoms with Crippen LogP contribution in [0.2, 0.25) is 0 Å². The summed E-state index contributed by atoms with van der Waals surface area (Å²) in [5.74, 6) is 5.79. The number of likely N-dealkylation sites (N-methyl/N-ethyl adjacent to an activating group) is 1. The summed E-state index contributed by atoms with van der Waals surface area (Å²) in [4.78, 5) is 28.0. The van der Waals surface area contributed by atoms with Gasteiger partial charge in [-0.3, -0.25) is 9.48 Å². The Bertz CT molecular complexity index is 957. The second kappa shape index (κ2) is 10.2. The SMILES string of the molecule is CC1CCC2C(CCC3C2CCC2(C)C(C(=O)Cn4cc(C(=O)OCCN(C)C)cn4)CC(C)C32)C1. The first kappa shape index (κ1) is 25.9. The topological polar surface area (TPSA) is 64.4 Å². The number of rotatable bonds is 7. The van der Waals surface area contributed by atoms with Crippen LogP contribution in [0.4, 0.5) is 0 Å². The van der Waals surface area contributed by atoms with Crippen molar-refractivity contribution in [3.8, 4) is 0 Å². The van der Waals surface area contributed by atoms with Crippen LogP contribution in [0.25, 0.3) is 0 Å². The molecule has 6 nitrogen and oxygen atoms in total. The third-order valence-corrected chi connectivity index (χ3v) is 10.9. The average molecular weight is 498 g/mol. The lowest BCUT2D eigenvalue weighted by Gasteiger charge is -2.56. The fourth-order valence-corrected chi connectivity index (χ4v) is 9.36. The predicted molar refractivity (Wildman–Crippen MR) is 140 cm³/mol. The van der Waals surface area contributed by atoms with E-state index in [9.17, 15) is 9.59 Å². The maximum atomic E-state index is 13.7. The highest BCUT2D eigenvalue weighted by Crippen LogP contribution is 2.66. The molecule has 36 heavy (non-hydrogen) atoms. The number of carbonyl (C=O) groups is 2. The van der Waals surface area contributed by atoms with E-state index >= 15 is 0 Å². The predicted octanol–water partition coefficient (Wildman–Crippen LogP) is 5.32. The fourth-order valence-electron chi connectivity index (χ4n) is 9.36. The molecule has 5 rings (SSSR count). The zero-order chi connectivity index (χ0) is 25.6. The Morgan fingerprint density at radius 3 is 2.64 bits per heavy atom. The Morgan fingerprint density at radius 2 is 1.86 bits per heavy atom. The molecule has 0 N–H and O–H groups in total. The Kier molecular flexibility index (Phi) is 7.37. The molecule has 1 aromatic heterocycles. The minimum Gasteiger partial charge on any atom is -0.461 e. The molecule has 4 aliphatic carbocycles. The molecular formula is C30H47N3O3. The number of hydrogen-bond acceptors (Lipinski definition) is 5. The highest BCUT2D eigenvalue weighted by atomic mass is 16.5. The van der Waals surface area contributed by atoms with Gasteiger partial charge in [-0.15, -0.1) is 0 Å². The number of aromatic nitrogens is 2. The maximum Gasteiger partial charge on any atom is 0.341 e. The van der Waals surface area contributed by atoms with Crippen LogP contribution in [-0.2, 0) is 16.1 Å². The summed E-state index contributed by atoms with van der Waals surface area (Å²) < 4.78 is 6.98. The quantitative estimate of drug-likeness (QED) is 0.477. The highest BCUT2D eigenvalue weighted by molar-refractivity contribution is 5.89. The van der Waals surface area contributed by atoms with Gasteiger partial charge in [0.2, 0.25) is 0 Å². The average Bonchev–Trinajstić information content (AvgIpc) is 3.40. The monoisotopic (exact) mass is 497 g/mol. The smallest absolute Gasteiger partial charge is 0.341 e. The Balaban J connectivity index is 1.24. The van der Waals surface area contributed by atoms with Crippen LogP contribution >= 0.6 is 0 Å². The van der Waals surface area contributed by atoms with Crippen molar-refractivity contribution in [2.24, 2.45) is 52.8 Å². The number of fused-ring (bicyclic) bond motifs is 5. The molecule has 1 aromatic rings. The van der Waals surface area contributed by atoms with Crippen molar-refractivity contribution in [2.75, 3.05) is 27.2 Å². The number of ketones is 1. The van der Waals surface area contributed by atoms with Crippen LogP contribution in [0.3, 0.4) is 0 Å². The lowest BCUT2D eigenvalue weighted by Crippen LogP contribution is -2.50. The number of nitrogens with zero attached hydrogens (tertiary/aromatic N) is 3. The zero-order valence-corrected chi connectivity index (χ0v) is 23.1. The summed E-state index contributed by atoms with van der Waals surface area (Å²) >= 11 is 0. The second-order valence-electron chi connectivity index (χ2n) is 13.4. The molecular weight excluding hydrogens is 450 g/mol. The molecule has 1 heterocycles. The molecule has 0 amide bonds. The van der Waals surface area contributed by atoms with E-state index in [0.29, 0.717) is 36.3 Å². The number of ether oxygens (including phenoxy) is 1. The van der Waals surface area contributed by atoms with Crippen LogP contribution in [0.5, 0.6) is 0 Å². The van der Waals surface area contributed by atoms with Crippen molar-refractivity contribution in [1.29, 1.82) is 0 Å². The minimum atomic E-state index is -0.372. The van der Waals surface area contributed by atoms with Gasteiger partial charge < -0.3 is 9.64 Å². The van der Waals surface area contributed by atoms with Crippen LogP contribution in [0, 0.1) is 52.8 Å². The molecule has 0 aliphatic heterocycles. The molecule has 4 saturated carbocycles. The first-order chi connectivity index (χ1) is 17.2. The van der Waals surface area contributed by atoms with Gasteiger partial charge in [0.15, 0.2) is 5.78 Å². The van der Waals surface area contributed by atoms with E-state index in [1.807, 2.05) is 19.0 Å². The summed E-state index contributed by atoms with van der Waals surface area (Å²) in [6.45, 7) is 8.58. The first-order valence-electron chi connectivity index (χ1n) is 14.5. The summed E-state index contributed by atoms with van der Waals surface area (Å²) in [5, 5.41) is 4.34. The van der Waals surface area contributed by atoms with Crippen molar-refractivity contribution in [1.82, 2.24) is 14.7 Å². The van der Waals surface area contributed by atoms with E-state index in [2.05, 4.69) is 25.9 Å². The molecule has 0 spiro atoms. The van der Waals surface area contributed by atoms with Gasteiger partial charge in [-0.05, 0) is 106 Å². The van der Waals surface area contributed by atoms with Gasteiger partial charge in [0, 0.05) is 18.7 Å². The van der Waals surface area contributed by atoms with E-state index in [0.717, 1.165) is 36.0 Å². The second-order valence-corrected chi connectivity index (χ2v) is 13.4. The van der Waals surface area contributed by atoms with Crippen LogP contribution in [-0.4, -0.2) is 53.7 Å². The third kappa shape index (κ3) is 4.79. The number of esters is 1. The first-order valence-corrected chi connectivity index (χ1v) is 14.5. The van der Waals surface area contributed by atoms with Gasteiger partial charge in [0.25, 0.3) is 0 Å². The number of carbonyl (C=O) groups excluding carboxylic acids is 2. The van der Waals surface area contributed by atoms with Crippen molar-refractivity contribution in [2.45, 2.75) is 78.7 Å². The van der Waals surface area contributed by atoms with Crippen LogP contribution in [0.15, 0.2) is 12.4 Å². The molecule has 0 bridgehead atoms. The van der Waals surface area contributed by atoms with Gasteiger partial charge in [-0.25, -0.2) is 4.79 Å². The largest absolute Gasteiger partial charge is 0.461 e. The summed E-state index contributed by atoms with van der Waals surface area (Å²) in [7, 11) is 3.89. The number of Topliss-reactive ketones (excluding diaryl/α,β-unsaturated/α-hetero) is 1. The van der Waals surface area contributed by atoms with Gasteiger partial charge in [-0.2, -0.15) is 5.10 Å². The lowest BCUT2D eigenvalue weighted by molar-refractivity contribution is -0.131. The van der Waals surface area contributed by atoms with E-state index in [1.54, 1.807) is 10.9 Å². The van der Waals surface area contributed by atoms with Crippen LogP contribution < -0.4 is 0 Å². The van der Waals surface area contributed by atoms with E-state index in [4.69, 9.17) is 4.74 Å². The number of hydrogen-bond donors (Lipinski definition) is 0. The lowest BCUT2D eigenvalue weighted by atomic mass is 9.48. The van der Waals surface area contributed by atoms with Gasteiger partial charge in [0.05, 0.1) is 18.3 Å². The normalized spacial score (nSPS) is 39.8. The van der Waals surface area contributed by atoms with E-state index in [-0.39, 0.29) is 23.8 Å². The standard InChI is InChI=1S/C30H47N3O3/c1-19-6-8-23-21(14-19)7-9-25-24(23)10-11-30(3)26(15-20(2)28(25)30)27(34)18-33-17-22(16-31-33)29(35)36-13-12-32(4)5/h16-17,19-21,23-26,28H,6-15,18H2,1-5H3. The molecule has 6 heteroatoms. The van der Waals surface area contributed by atoms with Gasteiger partial charge >= 0.3 is 5.97 Å². The molecule has 0 aromatic carbocycles. The van der Waals surface area contributed by atoms with E-state index in [1.165, 1.54) is 51.1 Å². The van der Waals surface area contributed by atoms with Crippen LogP contribution in [0.1, 0.15) is 82.5 Å². The molecule has 0 saturated heterocycles. The molecule has 0 radical (unpaired) electrons. The van der Waals surface area contributed by atoms with Crippen molar-refractivity contribution < 1.29 is 14.3 Å². The van der Waals surface area contributed by atoms with Crippen molar-refractivity contribution >= 4 is 11.8 Å². The summed E-state index contributed by atoms with van der Waals surface area (Å²) in [5.41, 5.74) is 0.526. The maximum absolute atomic E-state index is 13.7. The molecule has 9 atom stereocenters.